The molecule has 0 radical (unpaired) electrons. The Hall–Kier alpha value is -2.87. The van der Waals surface area contributed by atoms with Crippen LogP contribution in [0.4, 0.5) is 11.4 Å². The van der Waals surface area contributed by atoms with Crippen LogP contribution in [-0.2, 0) is 20.5 Å². The Bertz CT molecular complexity index is 1510. The maximum atomic E-state index is 13.0. The van der Waals surface area contributed by atoms with Crippen LogP contribution in [0.15, 0.2) is 48.5 Å². The van der Waals surface area contributed by atoms with Gasteiger partial charge in [-0.1, -0.05) is 35.9 Å². The van der Waals surface area contributed by atoms with Crippen molar-refractivity contribution in [2.75, 3.05) is 30.7 Å². The number of nitrogens with zero attached hydrogens (tertiary/aromatic N) is 1. The molecule has 0 amide bonds. The molecular formula is C29H36ClN3O7S2. The molecule has 10 nitrogen and oxygen atoms in total. The molecule has 0 saturated carbocycles. The van der Waals surface area contributed by atoms with Gasteiger partial charge in [0.2, 0.25) is 10.0 Å². The molecule has 1 saturated heterocycles. The first-order valence-electron chi connectivity index (χ1n) is 13.5. The third-order valence-electron chi connectivity index (χ3n) is 6.41. The van der Waals surface area contributed by atoms with Gasteiger partial charge in [-0.15, -0.1) is 11.3 Å². The first-order chi connectivity index (χ1) is 19.7. The maximum Gasteiger partial charge on any atom is 0.352 e. The minimum absolute atomic E-state index is 0.0316. The van der Waals surface area contributed by atoms with Crippen LogP contribution >= 0.6 is 22.9 Å². The summed E-state index contributed by atoms with van der Waals surface area (Å²) < 4.78 is 38.5. The van der Waals surface area contributed by atoms with Crippen LogP contribution in [-0.4, -0.2) is 66.5 Å². The van der Waals surface area contributed by atoms with E-state index in [0.29, 0.717) is 42.1 Å². The molecule has 3 aromatic rings. The van der Waals surface area contributed by atoms with Gasteiger partial charge in [-0.2, -0.15) is 0 Å². The molecule has 0 spiro atoms. The molecule has 1 aliphatic heterocycles. The smallest absolute Gasteiger partial charge is 0.352 e. The zero-order valence-corrected chi connectivity index (χ0v) is 26.1. The van der Waals surface area contributed by atoms with Gasteiger partial charge >= 0.3 is 5.97 Å². The van der Waals surface area contributed by atoms with Crippen LogP contribution in [0.3, 0.4) is 0 Å². The van der Waals surface area contributed by atoms with Gasteiger partial charge in [0, 0.05) is 30.5 Å². The van der Waals surface area contributed by atoms with Crippen molar-refractivity contribution in [1.29, 1.82) is 0 Å². The van der Waals surface area contributed by atoms with E-state index in [1.807, 2.05) is 24.3 Å². The molecule has 0 aliphatic carbocycles. The number of aliphatic hydroxyl groups is 2. The summed E-state index contributed by atoms with van der Waals surface area (Å²) in [5.41, 5.74) is 7.78. The summed E-state index contributed by atoms with van der Waals surface area (Å²) in [6.45, 7) is 5.56. The van der Waals surface area contributed by atoms with E-state index < -0.39 is 34.5 Å². The van der Waals surface area contributed by atoms with E-state index in [2.05, 4.69) is 5.32 Å². The first kappa shape index (κ1) is 32.1. The highest BCUT2D eigenvalue weighted by Crippen LogP contribution is 2.46. The Morgan fingerprint density at radius 2 is 1.86 bits per heavy atom. The van der Waals surface area contributed by atoms with Gasteiger partial charge in [-0.3, -0.25) is 0 Å². The minimum Gasteiger partial charge on any atom is -0.485 e. The van der Waals surface area contributed by atoms with Crippen molar-refractivity contribution in [2.45, 2.75) is 57.3 Å². The molecule has 13 heteroatoms. The largest absolute Gasteiger partial charge is 0.485 e. The molecule has 1 aliphatic rings. The molecule has 5 N–H and O–H groups in total. The molecule has 228 valence electrons. The van der Waals surface area contributed by atoms with Crippen molar-refractivity contribution in [3.63, 3.8) is 0 Å². The number of carbonyl (C=O) groups is 1. The number of sulfonamides is 1. The lowest BCUT2D eigenvalue weighted by Gasteiger charge is -2.32. The Labute approximate surface area is 255 Å². The average molecular weight is 638 g/mol. The molecule has 0 bridgehead atoms. The topological polar surface area (TPSA) is 151 Å². The molecule has 0 atom stereocenters. The number of ether oxygens (including phenoxy) is 2. The Morgan fingerprint density at radius 1 is 1.17 bits per heavy atom. The summed E-state index contributed by atoms with van der Waals surface area (Å²) in [7, 11) is -3.47. The van der Waals surface area contributed by atoms with Gasteiger partial charge < -0.3 is 30.7 Å². The van der Waals surface area contributed by atoms with Crippen LogP contribution < -0.4 is 15.8 Å². The number of rotatable bonds is 10. The second kappa shape index (κ2) is 13.2. The van der Waals surface area contributed by atoms with Crippen LogP contribution in [0.1, 0.15) is 48.8 Å². The number of hydrogen-bond acceptors (Lipinski definition) is 10. The lowest BCUT2D eigenvalue weighted by atomic mass is 10.1. The van der Waals surface area contributed by atoms with Gasteiger partial charge in [-0.25, -0.2) is 17.5 Å². The van der Waals surface area contributed by atoms with Gasteiger partial charge in [-0.05, 0) is 69.0 Å². The highest BCUT2D eigenvalue weighted by molar-refractivity contribution is 7.88. The number of halogens is 1. The van der Waals surface area contributed by atoms with Crippen LogP contribution in [0.5, 0.6) is 5.75 Å². The summed E-state index contributed by atoms with van der Waals surface area (Å²) >= 11 is 7.75. The molecular weight excluding hydrogens is 602 g/mol. The van der Waals surface area contributed by atoms with Crippen LogP contribution in [0.25, 0.3) is 10.4 Å². The van der Waals surface area contributed by atoms with E-state index in [-0.39, 0.29) is 27.4 Å². The predicted octanol–water partition coefficient (Wildman–Crippen LogP) is 4.70. The van der Waals surface area contributed by atoms with Crippen LogP contribution in [0.2, 0.25) is 5.02 Å². The molecule has 42 heavy (non-hydrogen) atoms. The number of thiophene rings is 1. The Morgan fingerprint density at radius 3 is 2.50 bits per heavy atom. The highest BCUT2D eigenvalue weighted by Gasteiger charge is 2.30. The number of piperidine rings is 1. The fourth-order valence-electron chi connectivity index (χ4n) is 4.58. The van der Waals surface area contributed by atoms with Crippen molar-refractivity contribution in [3.05, 3.63) is 64.0 Å². The SMILES string of the molecule is CC(C)(C)OC(=O)c1sc(-c2cccc(NC3CCN(S(=O)(=O)Cc4cccc(N)c4)CC3)c2)c(Cl)c1OCC(O)O. The number of carbonyl (C=O) groups excluding carboxylic acids is 1. The normalized spacial score (nSPS) is 15.1. The first-order valence-corrected chi connectivity index (χ1v) is 16.3. The van der Waals surface area contributed by atoms with Crippen molar-refractivity contribution >= 4 is 50.3 Å². The molecule has 1 aromatic heterocycles. The Balaban J connectivity index is 1.46. The van der Waals surface area contributed by atoms with E-state index in [0.717, 1.165) is 22.6 Å². The number of hydrogen-bond donors (Lipinski definition) is 4. The second-order valence-corrected chi connectivity index (χ2v) is 14.5. The number of aliphatic hydroxyl groups excluding tert-OH is 1. The number of esters is 1. The lowest BCUT2D eigenvalue weighted by molar-refractivity contribution is -0.0682. The van der Waals surface area contributed by atoms with Gasteiger partial charge in [0.05, 0.1) is 10.6 Å². The van der Waals surface area contributed by atoms with Gasteiger partial charge in [0.1, 0.15) is 17.2 Å². The number of nitrogen functional groups attached to an aromatic ring is 1. The summed E-state index contributed by atoms with van der Waals surface area (Å²) in [6, 6.07) is 14.5. The monoisotopic (exact) mass is 637 g/mol. The third kappa shape index (κ3) is 8.36. The molecule has 2 aromatic carbocycles. The fraction of sp³-hybridized carbons (Fsp3) is 0.414. The second-order valence-electron chi connectivity index (χ2n) is 11.1. The standard InChI is InChI=1S/C29H36ClN3O7S2/c1-29(2,3)40-28(36)27-25(39-16-23(34)35)24(30)26(41-27)19-7-5-9-22(15-19)32-21-10-12-33(13-11-21)42(37,38)17-18-6-4-8-20(31)14-18/h4-9,14-15,21,23,32,34-35H,10-13,16-17,31H2,1-3H3. The lowest BCUT2D eigenvalue weighted by Crippen LogP contribution is -2.42. The number of anilines is 2. The van der Waals surface area contributed by atoms with E-state index in [4.69, 9.17) is 26.8 Å². The zero-order chi connectivity index (χ0) is 30.7. The summed E-state index contributed by atoms with van der Waals surface area (Å²) in [6.07, 6.45) is -0.489. The fourth-order valence-corrected chi connectivity index (χ4v) is 7.57. The number of benzene rings is 2. The van der Waals surface area contributed by atoms with E-state index >= 15 is 0 Å². The molecule has 4 rings (SSSR count). The van der Waals surface area contributed by atoms with Crippen molar-refractivity contribution < 1.29 is 32.9 Å². The van der Waals surface area contributed by atoms with E-state index in [9.17, 15) is 23.4 Å². The van der Waals surface area contributed by atoms with Crippen molar-refractivity contribution in [1.82, 2.24) is 4.31 Å². The Kier molecular flexibility index (Phi) is 10.1. The quantitative estimate of drug-likeness (QED) is 0.141. The van der Waals surface area contributed by atoms with E-state index in [1.54, 1.807) is 45.0 Å². The van der Waals surface area contributed by atoms with Crippen molar-refractivity contribution in [2.24, 2.45) is 0 Å². The van der Waals surface area contributed by atoms with Crippen molar-refractivity contribution in [3.8, 4) is 16.2 Å². The summed E-state index contributed by atoms with van der Waals surface area (Å²) in [5, 5.41) is 22.3. The molecule has 1 fully saturated rings. The van der Waals surface area contributed by atoms with Crippen LogP contribution in [0, 0.1) is 0 Å². The maximum absolute atomic E-state index is 13.0. The minimum atomic E-state index is -3.47. The molecule has 0 unspecified atom stereocenters. The predicted molar refractivity (Wildman–Crippen MR) is 165 cm³/mol. The highest BCUT2D eigenvalue weighted by atomic mass is 35.5. The van der Waals surface area contributed by atoms with Gasteiger partial charge in [0.15, 0.2) is 16.9 Å². The summed E-state index contributed by atoms with van der Waals surface area (Å²) in [5.74, 6) is -0.687. The van der Waals surface area contributed by atoms with E-state index in [1.165, 1.54) is 4.31 Å². The third-order valence-corrected chi connectivity index (χ3v) is 9.94. The summed E-state index contributed by atoms with van der Waals surface area (Å²) in [4.78, 5) is 13.6. The number of nitrogens with one attached hydrogen (secondary N) is 1. The van der Waals surface area contributed by atoms with Gasteiger partial charge in [0.25, 0.3) is 0 Å². The number of nitrogens with two attached hydrogens (primary N) is 1. The average Bonchev–Trinajstić information content (AvgIpc) is 3.23. The molecule has 2 heterocycles. The zero-order valence-electron chi connectivity index (χ0n) is 23.7.